The molecule has 0 radical (unpaired) electrons. The average Bonchev–Trinajstić information content (AvgIpc) is 3.50. The minimum absolute atomic E-state index is 0.202. The fourth-order valence-corrected chi connectivity index (χ4v) is 11.1. The highest BCUT2D eigenvalue weighted by molar-refractivity contribution is 5.79. The minimum Gasteiger partial charge on any atom is -0.483 e. The third kappa shape index (κ3) is 17.8. The summed E-state index contributed by atoms with van der Waals surface area (Å²) in [5, 5.41) is 25.8. The van der Waals surface area contributed by atoms with E-state index in [-0.39, 0.29) is 50.1 Å². The third-order valence-corrected chi connectivity index (χ3v) is 15.5. The number of rotatable bonds is 24. The Balaban J connectivity index is 1.03. The summed E-state index contributed by atoms with van der Waals surface area (Å²) in [6.45, 7) is 19.1. The first kappa shape index (κ1) is 58.3. The van der Waals surface area contributed by atoms with Crippen molar-refractivity contribution in [3.63, 3.8) is 0 Å². The first-order valence-electron chi connectivity index (χ1n) is 29.0. The molecule has 432 valence electrons. The number of hydrogen-bond donors (Lipinski definition) is 8. The number of amides is 4. The van der Waals surface area contributed by atoms with Crippen molar-refractivity contribution in [1.82, 2.24) is 62.1 Å². The largest absolute Gasteiger partial charge is 0.483 e. The number of nitrogens with one attached hydrogen (secondary N) is 8. The van der Waals surface area contributed by atoms with E-state index in [9.17, 15) is 19.2 Å². The minimum atomic E-state index is -0.224. The zero-order chi connectivity index (χ0) is 55.1. The Morgan fingerprint density at radius 2 is 0.512 bits per heavy atom. The molecule has 4 fully saturated rings. The fourth-order valence-electron chi connectivity index (χ4n) is 11.1. The van der Waals surface area contributed by atoms with Gasteiger partial charge in [-0.15, -0.1) is 0 Å². The molecule has 4 aromatic carbocycles. The van der Waals surface area contributed by atoms with Crippen LogP contribution in [-0.4, -0.2) is 227 Å². The fraction of sp³-hybridized carbons (Fsp3) is 0.533. The van der Waals surface area contributed by atoms with Gasteiger partial charge in [-0.1, -0.05) is 72.8 Å². The second-order valence-electron chi connectivity index (χ2n) is 21.2. The second-order valence-corrected chi connectivity index (χ2v) is 21.2. The molecule has 4 aromatic rings. The van der Waals surface area contributed by atoms with Crippen LogP contribution in [0.3, 0.4) is 0 Å². The number of ether oxygens (including phenoxy) is 4. The molecular formula is C60H84N12O8. The summed E-state index contributed by atoms with van der Waals surface area (Å²) in [6, 6.07) is 24.0. The topological polar surface area (TPSA) is 214 Å². The first-order valence-corrected chi connectivity index (χ1v) is 29.0. The van der Waals surface area contributed by atoms with Crippen molar-refractivity contribution < 1.29 is 38.1 Å². The van der Waals surface area contributed by atoms with Crippen LogP contribution in [0, 0.1) is 0 Å². The van der Waals surface area contributed by atoms with E-state index in [1.165, 1.54) is 0 Å². The van der Waals surface area contributed by atoms with E-state index in [0.29, 0.717) is 74.9 Å². The Morgan fingerprint density at radius 1 is 0.325 bits per heavy atom. The van der Waals surface area contributed by atoms with Crippen LogP contribution in [0.1, 0.15) is 44.5 Å². The van der Waals surface area contributed by atoms with E-state index in [0.717, 1.165) is 175 Å². The number of piperazine rings is 4. The average molecular weight is 1100 g/mol. The maximum atomic E-state index is 13.6. The lowest BCUT2D eigenvalue weighted by molar-refractivity contribution is -0.123. The van der Waals surface area contributed by atoms with E-state index >= 15 is 0 Å². The van der Waals surface area contributed by atoms with Gasteiger partial charge in [-0.25, -0.2) is 0 Å². The molecule has 8 bridgehead atoms. The van der Waals surface area contributed by atoms with Crippen LogP contribution in [0.2, 0.25) is 0 Å². The predicted molar refractivity (Wildman–Crippen MR) is 308 cm³/mol. The zero-order valence-corrected chi connectivity index (χ0v) is 46.6. The van der Waals surface area contributed by atoms with Crippen molar-refractivity contribution in [1.29, 1.82) is 0 Å². The summed E-state index contributed by atoms with van der Waals surface area (Å²) in [7, 11) is 0. The highest BCUT2D eigenvalue weighted by Crippen LogP contribution is 2.39. The molecule has 0 aromatic heterocycles. The van der Waals surface area contributed by atoms with E-state index in [2.05, 4.69) is 62.1 Å². The summed E-state index contributed by atoms with van der Waals surface area (Å²) in [4.78, 5) is 63.8. The summed E-state index contributed by atoms with van der Waals surface area (Å²) in [6.07, 6.45) is 1.38. The quantitative estimate of drug-likeness (QED) is 0.0408. The molecule has 0 saturated carbocycles. The highest BCUT2D eigenvalue weighted by atomic mass is 16.5. The summed E-state index contributed by atoms with van der Waals surface area (Å²) in [5.74, 6) is 1.36. The number of benzene rings is 4. The molecule has 0 unspecified atom stereocenters. The van der Waals surface area contributed by atoms with Crippen molar-refractivity contribution >= 4 is 23.6 Å². The maximum absolute atomic E-state index is 13.6. The van der Waals surface area contributed by atoms with Gasteiger partial charge in [-0.3, -0.25) is 38.8 Å². The van der Waals surface area contributed by atoms with Gasteiger partial charge in [0, 0.05) is 183 Å². The monoisotopic (exact) mass is 1100 g/mol. The van der Waals surface area contributed by atoms with Gasteiger partial charge in [0.15, 0.2) is 26.4 Å². The lowest BCUT2D eigenvalue weighted by atomic mass is 9.91. The first-order chi connectivity index (χ1) is 39.3. The van der Waals surface area contributed by atoms with Crippen molar-refractivity contribution in [2.45, 2.75) is 25.7 Å². The number of carbonyl (C=O) groups is 4. The Morgan fingerprint density at radius 3 is 0.700 bits per heavy atom. The Hall–Kier alpha value is -6.36. The van der Waals surface area contributed by atoms with Gasteiger partial charge in [0.05, 0.1) is 0 Å². The summed E-state index contributed by atoms with van der Waals surface area (Å²) >= 11 is 0. The van der Waals surface area contributed by atoms with Gasteiger partial charge in [-0.2, -0.15) is 0 Å². The van der Waals surface area contributed by atoms with Crippen LogP contribution in [0.4, 0.5) is 0 Å². The van der Waals surface area contributed by atoms with E-state index in [4.69, 9.17) is 18.9 Å². The predicted octanol–water partition coefficient (Wildman–Crippen LogP) is -0.0360. The molecule has 8 N–H and O–H groups in total. The highest BCUT2D eigenvalue weighted by Gasteiger charge is 2.24. The van der Waals surface area contributed by atoms with Gasteiger partial charge in [0.1, 0.15) is 23.0 Å². The Kier molecular flexibility index (Phi) is 22.6. The molecule has 9 rings (SSSR count). The number of fused-ring (bicyclic) bond motifs is 8. The maximum Gasteiger partial charge on any atom is 0.257 e. The molecule has 4 amide bonds. The van der Waals surface area contributed by atoms with Crippen LogP contribution in [0.5, 0.6) is 23.0 Å². The van der Waals surface area contributed by atoms with Crippen LogP contribution < -0.4 is 61.5 Å². The number of nitrogens with zero attached hydrogens (tertiary/aromatic N) is 4. The van der Waals surface area contributed by atoms with Crippen molar-refractivity contribution in [3.8, 4) is 23.0 Å². The molecule has 20 nitrogen and oxygen atoms in total. The number of para-hydroxylation sites is 4. The van der Waals surface area contributed by atoms with Gasteiger partial charge < -0.3 is 61.5 Å². The van der Waals surface area contributed by atoms with Crippen LogP contribution >= 0.6 is 0 Å². The lowest BCUT2D eigenvalue weighted by Crippen LogP contribution is -2.46. The van der Waals surface area contributed by atoms with Gasteiger partial charge in [0.25, 0.3) is 23.6 Å². The Labute approximate surface area is 471 Å². The smallest absolute Gasteiger partial charge is 0.257 e. The normalized spacial score (nSPS) is 17.4. The van der Waals surface area contributed by atoms with E-state index in [1.54, 1.807) is 0 Å². The molecule has 4 saturated heterocycles. The molecule has 1 aliphatic carbocycles. The number of carbonyl (C=O) groups excluding carboxylic acids is 4. The third-order valence-electron chi connectivity index (χ3n) is 15.5. The zero-order valence-electron chi connectivity index (χ0n) is 46.6. The van der Waals surface area contributed by atoms with Crippen LogP contribution in [-0.2, 0) is 44.9 Å². The molecule has 20 heteroatoms. The van der Waals surface area contributed by atoms with Crippen molar-refractivity contribution in [2.24, 2.45) is 0 Å². The molecule has 80 heavy (non-hydrogen) atoms. The van der Waals surface area contributed by atoms with E-state index in [1.807, 2.05) is 72.8 Å². The molecule has 5 aliphatic rings. The lowest BCUT2D eigenvalue weighted by Gasteiger charge is -2.27. The van der Waals surface area contributed by atoms with Gasteiger partial charge in [-0.05, 0) is 44.5 Å². The van der Waals surface area contributed by atoms with Crippen LogP contribution in [0.25, 0.3) is 0 Å². The standard InChI is InChI=1S/C60H84N12O8/c73-53(65-21-33-69-25-13-61-14-26-69)41-77-57-45-5-1-6-46(57)38-48-8-3-10-50(59(48)79-43-55(75)67-23-35-71-29-17-63-18-30-71)40-52-12-4-11-51(60(52)80-44-56(76)68-24-36-72-31-19-64-20-32-72)39-49-9-2-7-47(37-45)58(49)78-42-54(74)66-22-34-70-27-15-62-16-28-70/h1-12,61-64H,13-44H2,(H,65,73)(H,66,74)(H,67,75)(H,68,76). The van der Waals surface area contributed by atoms with Crippen LogP contribution in [0.15, 0.2) is 72.8 Å². The van der Waals surface area contributed by atoms with Crippen molar-refractivity contribution in [3.05, 3.63) is 117 Å². The van der Waals surface area contributed by atoms with Crippen molar-refractivity contribution in [2.75, 3.05) is 184 Å². The van der Waals surface area contributed by atoms with E-state index < -0.39 is 0 Å². The SMILES string of the molecule is O=C(COc1c2cccc1Cc1cccc(c1OCC(=O)NCCN1CCNCC1)Cc1cccc(c1OCC(=O)NCCN1CCNCC1)Cc1cccc(c1OCC(=O)NCCN1CCNCC1)C2)NCCN1CCNCC1. The molecule has 4 heterocycles. The van der Waals surface area contributed by atoms with Gasteiger partial charge in [0.2, 0.25) is 0 Å². The number of hydrogen-bond acceptors (Lipinski definition) is 16. The second kappa shape index (κ2) is 31.0. The molecule has 4 aliphatic heterocycles. The molecule has 0 spiro atoms. The molecular weight excluding hydrogens is 1020 g/mol. The van der Waals surface area contributed by atoms with Gasteiger partial charge >= 0.3 is 0 Å². The Bertz CT molecular complexity index is 2210. The summed E-state index contributed by atoms with van der Waals surface area (Å²) in [5.41, 5.74) is 6.57. The summed E-state index contributed by atoms with van der Waals surface area (Å²) < 4.78 is 26.6. The molecule has 0 atom stereocenters.